The number of hydrogen-bond acceptors (Lipinski definition) is 3. The quantitative estimate of drug-likeness (QED) is 0.782. The fourth-order valence-electron chi connectivity index (χ4n) is 1.42. The number of rotatable bonds is 3. The molecule has 0 spiro atoms. The molecule has 0 radical (unpaired) electrons. The maximum Gasteiger partial charge on any atom is 0.307 e. The van der Waals surface area contributed by atoms with E-state index < -0.39 is 5.97 Å². The van der Waals surface area contributed by atoms with E-state index in [1.807, 2.05) is 13.0 Å². The van der Waals surface area contributed by atoms with Gasteiger partial charge < -0.3 is 10.2 Å². The van der Waals surface area contributed by atoms with Crippen LogP contribution in [0.1, 0.15) is 23.6 Å². The summed E-state index contributed by atoms with van der Waals surface area (Å²) < 4.78 is 0. The molecule has 78 valence electrons. The van der Waals surface area contributed by atoms with Crippen LogP contribution in [-0.4, -0.2) is 16.2 Å². The van der Waals surface area contributed by atoms with Crippen LogP contribution in [0.4, 0.5) is 0 Å². The highest BCUT2D eigenvalue weighted by atomic mass is 16.4. The van der Waals surface area contributed by atoms with Gasteiger partial charge in [0.15, 0.2) is 0 Å². The first-order valence-electron chi connectivity index (χ1n) is 4.55. The van der Waals surface area contributed by atoms with Crippen molar-refractivity contribution in [3.63, 3.8) is 0 Å². The normalized spacial score (nSPS) is 9.60. The lowest BCUT2D eigenvalue weighted by Crippen LogP contribution is -2.03. The van der Waals surface area contributed by atoms with Crippen molar-refractivity contribution in [3.05, 3.63) is 28.8 Å². The number of carboxylic acid groups (broad SMARTS) is 1. The Morgan fingerprint density at radius 1 is 1.47 bits per heavy atom. The second kappa shape index (κ2) is 4.47. The number of carbonyl (C=O) groups is 1. The molecule has 0 fully saturated rings. The number of carboxylic acids is 1. The van der Waals surface area contributed by atoms with Gasteiger partial charge in [0.25, 0.3) is 0 Å². The van der Waals surface area contributed by atoms with E-state index in [2.05, 4.69) is 0 Å². The maximum absolute atomic E-state index is 10.6. The standard InChI is InChI=1S/C11H11NO3/c1-2-7-4-10(13)9(6-12)3-8(7)5-11(14)15/h3-4,13H,2,5H2,1H3,(H,14,15). The molecule has 0 atom stereocenters. The Morgan fingerprint density at radius 3 is 2.60 bits per heavy atom. The Labute approximate surface area is 87.4 Å². The van der Waals surface area contributed by atoms with Crippen LogP contribution < -0.4 is 0 Å². The Kier molecular flexibility index (Phi) is 3.29. The fraction of sp³-hybridized carbons (Fsp3) is 0.273. The van der Waals surface area contributed by atoms with Gasteiger partial charge in [0.05, 0.1) is 12.0 Å². The van der Waals surface area contributed by atoms with E-state index in [-0.39, 0.29) is 17.7 Å². The van der Waals surface area contributed by atoms with Crippen molar-refractivity contribution >= 4 is 5.97 Å². The monoisotopic (exact) mass is 205 g/mol. The number of benzene rings is 1. The Bertz CT molecular complexity index is 432. The number of aliphatic carboxylic acids is 1. The topological polar surface area (TPSA) is 81.3 Å². The van der Waals surface area contributed by atoms with Crippen molar-refractivity contribution < 1.29 is 15.0 Å². The smallest absolute Gasteiger partial charge is 0.307 e. The van der Waals surface area contributed by atoms with Crippen LogP contribution in [0.15, 0.2) is 12.1 Å². The number of nitriles is 1. The van der Waals surface area contributed by atoms with Gasteiger partial charge in [-0.3, -0.25) is 4.79 Å². The van der Waals surface area contributed by atoms with Gasteiger partial charge in [-0.25, -0.2) is 0 Å². The maximum atomic E-state index is 10.6. The molecule has 4 heteroatoms. The molecule has 0 aliphatic heterocycles. The summed E-state index contributed by atoms with van der Waals surface area (Å²) in [7, 11) is 0. The molecular formula is C11H11NO3. The highest BCUT2D eigenvalue weighted by Crippen LogP contribution is 2.22. The molecule has 0 bridgehead atoms. The molecule has 4 nitrogen and oxygen atoms in total. The van der Waals surface area contributed by atoms with Crippen LogP contribution in [-0.2, 0) is 17.6 Å². The Balaban J connectivity index is 3.23. The van der Waals surface area contributed by atoms with Crippen LogP contribution in [0.2, 0.25) is 0 Å². The number of aryl methyl sites for hydroxylation is 1. The minimum atomic E-state index is -0.945. The third-order valence-electron chi connectivity index (χ3n) is 2.16. The zero-order valence-corrected chi connectivity index (χ0v) is 8.32. The molecule has 1 aromatic rings. The molecule has 1 aromatic carbocycles. The van der Waals surface area contributed by atoms with Gasteiger partial charge in [0.1, 0.15) is 11.8 Å². The fourth-order valence-corrected chi connectivity index (χ4v) is 1.42. The molecule has 0 saturated carbocycles. The zero-order chi connectivity index (χ0) is 11.4. The van der Waals surface area contributed by atoms with E-state index in [4.69, 9.17) is 10.4 Å². The summed E-state index contributed by atoms with van der Waals surface area (Å²) in [4.78, 5) is 10.6. The first-order valence-corrected chi connectivity index (χ1v) is 4.55. The van der Waals surface area contributed by atoms with Gasteiger partial charge in [-0.15, -0.1) is 0 Å². The van der Waals surface area contributed by atoms with Crippen molar-refractivity contribution in [1.82, 2.24) is 0 Å². The highest BCUT2D eigenvalue weighted by Gasteiger charge is 2.10. The van der Waals surface area contributed by atoms with Crippen LogP contribution in [0.3, 0.4) is 0 Å². The molecule has 0 aliphatic carbocycles. The molecule has 0 unspecified atom stereocenters. The third kappa shape index (κ3) is 2.47. The van der Waals surface area contributed by atoms with E-state index in [1.165, 1.54) is 12.1 Å². The van der Waals surface area contributed by atoms with Crippen molar-refractivity contribution in [2.24, 2.45) is 0 Å². The average Bonchev–Trinajstić information content (AvgIpc) is 2.19. The van der Waals surface area contributed by atoms with Gasteiger partial charge in [0, 0.05) is 0 Å². The van der Waals surface area contributed by atoms with Crippen molar-refractivity contribution in [2.45, 2.75) is 19.8 Å². The lowest BCUT2D eigenvalue weighted by molar-refractivity contribution is -0.136. The van der Waals surface area contributed by atoms with E-state index in [9.17, 15) is 9.90 Å². The van der Waals surface area contributed by atoms with Gasteiger partial charge in [0.2, 0.25) is 0 Å². The van der Waals surface area contributed by atoms with E-state index >= 15 is 0 Å². The first kappa shape index (κ1) is 11.1. The summed E-state index contributed by atoms with van der Waals surface area (Å²) in [6.07, 6.45) is 0.500. The second-order valence-corrected chi connectivity index (χ2v) is 3.17. The van der Waals surface area contributed by atoms with Crippen LogP contribution in [0.5, 0.6) is 5.75 Å². The molecular weight excluding hydrogens is 194 g/mol. The summed E-state index contributed by atoms with van der Waals surface area (Å²) in [5.41, 5.74) is 1.46. The zero-order valence-electron chi connectivity index (χ0n) is 8.32. The molecule has 0 aromatic heterocycles. The average molecular weight is 205 g/mol. The van der Waals surface area contributed by atoms with Crippen molar-refractivity contribution in [3.8, 4) is 11.8 Å². The summed E-state index contributed by atoms with van der Waals surface area (Å²) in [6.45, 7) is 1.87. The lowest BCUT2D eigenvalue weighted by Gasteiger charge is -2.07. The van der Waals surface area contributed by atoms with Gasteiger partial charge in [-0.1, -0.05) is 6.92 Å². The molecule has 0 heterocycles. The van der Waals surface area contributed by atoms with E-state index in [1.54, 1.807) is 0 Å². The minimum absolute atomic E-state index is 0.0940. The third-order valence-corrected chi connectivity index (χ3v) is 2.16. The Morgan fingerprint density at radius 2 is 2.13 bits per heavy atom. The van der Waals surface area contributed by atoms with Gasteiger partial charge >= 0.3 is 5.97 Å². The largest absolute Gasteiger partial charge is 0.507 e. The van der Waals surface area contributed by atoms with Crippen LogP contribution in [0.25, 0.3) is 0 Å². The number of aromatic hydroxyl groups is 1. The predicted octanol–water partition coefficient (Wildman–Crippen LogP) is 1.45. The SMILES string of the molecule is CCc1cc(O)c(C#N)cc1CC(=O)O. The molecule has 15 heavy (non-hydrogen) atoms. The number of hydrogen-bond donors (Lipinski definition) is 2. The lowest BCUT2D eigenvalue weighted by atomic mass is 9.99. The number of phenolic OH excluding ortho intramolecular Hbond substituents is 1. The van der Waals surface area contributed by atoms with E-state index in [0.717, 1.165) is 5.56 Å². The molecule has 0 saturated heterocycles. The number of phenols is 1. The molecule has 1 rings (SSSR count). The molecule has 2 N–H and O–H groups in total. The summed E-state index contributed by atoms with van der Waals surface area (Å²) >= 11 is 0. The molecule has 0 amide bonds. The summed E-state index contributed by atoms with van der Waals surface area (Å²) in [5.74, 6) is -1.04. The van der Waals surface area contributed by atoms with Gasteiger partial charge in [-0.05, 0) is 29.7 Å². The van der Waals surface area contributed by atoms with Crippen LogP contribution >= 0.6 is 0 Å². The van der Waals surface area contributed by atoms with Crippen LogP contribution in [0, 0.1) is 11.3 Å². The van der Waals surface area contributed by atoms with E-state index in [0.29, 0.717) is 12.0 Å². The second-order valence-electron chi connectivity index (χ2n) is 3.17. The minimum Gasteiger partial charge on any atom is -0.507 e. The van der Waals surface area contributed by atoms with Crippen molar-refractivity contribution in [1.29, 1.82) is 5.26 Å². The predicted molar refractivity (Wildman–Crippen MR) is 53.5 cm³/mol. The van der Waals surface area contributed by atoms with Crippen molar-refractivity contribution in [2.75, 3.05) is 0 Å². The van der Waals surface area contributed by atoms with Gasteiger partial charge in [-0.2, -0.15) is 5.26 Å². The Hall–Kier alpha value is -2.02. The number of nitrogens with zero attached hydrogens (tertiary/aromatic N) is 1. The summed E-state index contributed by atoms with van der Waals surface area (Å²) in [6, 6.07) is 4.71. The first-order chi connectivity index (χ1) is 7.08. The summed E-state index contributed by atoms with van der Waals surface area (Å²) in [5, 5.41) is 26.8. The highest BCUT2D eigenvalue weighted by molar-refractivity contribution is 5.71. The molecule has 0 aliphatic rings.